The summed E-state index contributed by atoms with van der Waals surface area (Å²) in [5.74, 6) is 4.56. The molecule has 0 heterocycles. The Morgan fingerprint density at radius 2 is 2.00 bits per heavy atom. The van der Waals surface area contributed by atoms with E-state index in [9.17, 15) is 9.59 Å². The van der Waals surface area contributed by atoms with Gasteiger partial charge in [-0.05, 0) is 40.5 Å². The molecule has 0 aromatic carbocycles. The Labute approximate surface area is 110 Å². The molecule has 3 heteroatoms. The quantitative estimate of drug-likeness (QED) is 0.229. The zero-order valence-electron chi connectivity index (χ0n) is 11.7. The Hall–Kier alpha value is -1.56. The Kier molecular flexibility index (Phi) is 8.65. The van der Waals surface area contributed by atoms with Crippen LogP contribution in [0.5, 0.6) is 0 Å². The molecule has 0 saturated heterocycles. The first-order chi connectivity index (χ1) is 8.52. The molecule has 0 saturated carbocycles. The van der Waals surface area contributed by atoms with Crippen molar-refractivity contribution in [3.63, 3.8) is 0 Å². The number of Topliss-reactive ketones (excluding diaryl/α,β-unsaturated/α-hetero) is 1. The van der Waals surface area contributed by atoms with Crippen molar-refractivity contribution >= 4 is 11.8 Å². The van der Waals surface area contributed by atoms with Crippen LogP contribution in [-0.2, 0) is 14.3 Å². The average molecular weight is 250 g/mol. The third-order valence-electron chi connectivity index (χ3n) is 2.53. The molecular weight excluding hydrogens is 228 g/mol. The summed E-state index contributed by atoms with van der Waals surface area (Å²) in [6, 6.07) is 0. The third kappa shape index (κ3) is 6.90. The second-order valence-electron chi connectivity index (χ2n) is 4.14. The van der Waals surface area contributed by atoms with E-state index in [1.165, 1.54) is 6.92 Å². The van der Waals surface area contributed by atoms with E-state index in [-0.39, 0.29) is 5.78 Å². The van der Waals surface area contributed by atoms with Gasteiger partial charge in [0.15, 0.2) is 0 Å². The number of ether oxygens (including phenoxy) is 1. The van der Waals surface area contributed by atoms with Crippen LogP contribution in [0.25, 0.3) is 0 Å². The van der Waals surface area contributed by atoms with Gasteiger partial charge in [-0.15, -0.1) is 11.8 Å². The van der Waals surface area contributed by atoms with Crippen LogP contribution in [0.2, 0.25) is 0 Å². The van der Waals surface area contributed by atoms with Crippen LogP contribution < -0.4 is 0 Å². The fourth-order valence-corrected chi connectivity index (χ4v) is 1.56. The zero-order chi connectivity index (χ0) is 14.0. The number of ketones is 1. The monoisotopic (exact) mass is 250 g/mol. The number of unbranched alkanes of at least 4 members (excludes halogenated alkanes) is 1. The molecule has 0 aliphatic carbocycles. The molecule has 3 nitrogen and oxygen atoms in total. The average Bonchev–Trinajstić information content (AvgIpc) is 2.31. The van der Waals surface area contributed by atoms with Gasteiger partial charge in [-0.25, -0.2) is 0 Å². The lowest BCUT2D eigenvalue weighted by atomic mass is 9.96. The smallest absolute Gasteiger partial charge is 0.316 e. The molecule has 1 unspecified atom stereocenters. The predicted octanol–water partition coefficient (Wildman–Crippen LogP) is 2.89. The highest BCUT2D eigenvalue weighted by Gasteiger charge is 2.24. The van der Waals surface area contributed by atoms with Gasteiger partial charge < -0.3 is 4.74 Å². The number of esters is 1. The number of allylic oxidation sites excluding steroid dienone is 2. The van der Waals surface area contributed by atoms with Crippen molar-refractivity contribution in [3.8, 4) is 11.8 Å². The fraction of sp³-hybridized carbons (Fsp3) is 0.600. The van der Waals surface area contributed by atoms with Crippen LogP contribution in [0.15, 0.2) is 11.6 Å². The lowest BCUT2D eigenvalue weighted by Gasteiger charge is -2.12. The molecular formula is C15H22O3. The van der Waals surface area contributed by atoms with Crippen LogP contribution in [0.3, 0.4) is 0 Å². The Morgan fingerprint density at radius 3 is 2.50 bits per heavy atom. The molecule has 0 spiro atoms. The largest absolute Gasteiger partial charge is 0.465 e. The van der Waals surface area contributed by atoms with Crippen LogP contribution in [0.4, 0.5) is 0 Å². The lowest BCUT2D eigenvalue weighted by molar-refractivity contribution is -0.151. The van der Waals surface area contributed by atoms with Gasteiger partial charge in [-0.1, -0.05) is 11.6 Å². The summed E-state index contributed by atoms with van der Waals surface area (Å²) in [5, 5.41) is 0. The van der Waals surface area contributed by atoms with Gasteiger partial charge in [0.1, 0.15) is 11.7 Å². The Morgan fingerprint density at radius 1 is 1.33 bits per heavy atom. The molecule has 0 N–H and O–H groups in total. The Bertz CT molecular complexity index is 369. The van der Waals surface area contributed by atoms with Gasteiger partial charge >= 0.3 is 5.97 Å². The van der Waals surface area contributed by atoms with Crippen molar-refractivity contribution in [3.05, 3.63) is 11.6 Å². The third-order valence-corrected chi connectivity index (χ3v) is 2.53. The van der Waals surface area contributed by atoms with Crippen molar-refractivity contribution in [2.24, 2.45) is 5.92 Å². The molecule has 18 heavy (non-hydrogen) atoms. The molecule has 0 amide bonds. The van der Waals surface area contributed by atoms with Gasteiger partial charge in [-0.3, -0.25) is 9.59 Å². The molecule has 0 aliphatic heterocycles. The summed E-state index contributed by atoms with van der Waals surface area (Å²) in [5.41, 5.74) is 1.03. The molecule has 0 aromatic rings. The summed E-state index contributed by atoms with van der Waals surface area (Å²) in [4.78, 5) is 23.0. The minimum absolute atomic E-state index is 0.144. The highest BCUT2D eigenvalue weighted by molar-refractivity contribution is 5.97. The second-order valence-corrected chi connectivity index (χ2v) is 4.14. The van der Waals surface area contributed by atoms with Gasteiger partial charge in [0, 0.05) is 6.42 Å². The SMILES string of the molecule is CC#CCC/C=C(\C)CC(C(C)=O)C(=O)OCC. The first-order valence-corrected chi connectivity index (χ1v) is 6.25. The summed E-state index contributed by atoms with van der Waals surface area (Å²) in [6.45, 7) is 7.20. The van der Waals surface area contributed by atoms with Gasteiger partial charge in [-0.2, -0.15) is 0 Å². The number of rotatable bonds is 7. The van der Waals surface area contributed by atoms with Gasteiger partial charge in [0.2, 0.25) is 0 Å². The number of hydrogen-bond acceptors (Lipinski definition) is 3. The summed E-state index contributed by atoms with van der Waals surface area (Å²) in [6.07, 6.45) is 4.12. The second kappa shape index (κ2) is 9.47. The van der Waals surface area contributed by atoms with E-state index in [1.54, 1.807) is 6.92 Å². The standard InChI is InChI=1S/C15H22O3/c1-5-7-8-9-10-12(3)11-14(13(4)16)15(17)18-6-2/h10,14H,6,8-9,11H2,1-4H3/b12-10+. The zero-order valence-corrected chi connectivity index (χ0v) is 11.7. The minimum atomic E-state index is -0.668. The van der Waals surface area contributed by atoms with Crippen LogP contribution in [0.1, 0.15) is 47.0 Å². The van der Waals surface area contributed by atoms with Crippen molar-refractivity contribution in [2.45, 2.75) is 47.0 Å². The first-order valence-electron chi connectivity index (χ1n) is 6.25. The molecule has 0 radical (unpaired) electrons. The highest BCUT2D eigenvalue weighted by atomic mass is 16.5. The van der Waals surface area contributed by atoms with E-state index in [2.05, 4.69) is 11.8 Å². The van der Waals surface area contributed by atoms with Crippen molar-refractivity contribution in [1.29, 1.82) is 0 Å². The van der Waals surface area contributed by atoms with E-state index in [4.69, 9.17) is 4.74 Å². The molecule has 0 fully saturated rings. The van der Waals surface area contributed by atoms with E-state index in [0.29, 0.717) is 13.0 Å². The normalized spacial score (nSPS) is 12.3. The molecule has 0 aromatic heterocycles. The molecule has 0 rings (SSSR count). The van der Waals surface area contributed by atoms with Gasteiger partial charge in [0.25, 0.3) is 0 Å². The van der Waals surface area contributed by atoms with E-state index in [0.717, 1.165) is 18.4 Å². The van der Waals surface area contributed by atoms with Crippen molar-refractivity contribution in [2.75, 3.05) is 6.61 Å². The fourth-order valence-electron chi connectivity index (χ4n) is 1.56. The molecule has 100 valence electrons. The first kappa shape index (κ1) is 16.4. The molecule has 1 atom stereocenters. The Balaban J connectivity index is 4.43. The van der Waals surface area contributed by atoms with Crippen LogP contribution >= 0.6 is 0 Å². The van der Waals surface area contributed by atoms with Gasteiger partial charge in [0.05, 0.1) is 6.61 Å². The number of carbonyl (C=O) groups excluding carboxylic acids is 2. The van der Waals surface area contributed by atoms with Crippen LogP contribution in [-0.4, -0.2) is 18.4 Å². The van der Waals surface area contributed by atoms with E-state index >= 15 is 0 Å². The molecule has 0 bridgehead atoms. The summed E-state index contributed by atoms with van der Waals surface area (Å²) >= 11 is 0. The predicted molar refractivity (Wildman–Crippen MR) is 71.9 cm³/mol. The maximum Gasteiger partial charge on any atom is 0.316 e. The number of carbonyl (C=O) groups is 2. The number of hydrogen-bond donors (Lipinski definition) is 0. The topological polar surface area (TPSA) is 43.4 Å². The maximum absolute atomic E-state index is 11.6. The maximum atomic E-state index is 11.6. The lowest BCUT2D eigenvalue weighted by Crippen LogP contribution is -2.24. The van der Waals surface area contributed by atoms with Crippen molar-refractivity contribution < 1.29 is 14.3 Å². The summed E-state index contributed by atoms with van der Waals surface area (Å²) < 4.78 is 4.90. The highest BCUT2D eigenvalue weighted by Crippen LogP contribution is 2.15. The minimum Gasteiger partial charge on any atom is -0.465 e. The van der Waals surface area contributed by atoms with Crippen LogP contribution in [0, 0.1) is 17.8 Å². The van der Waals surface area contributed by atoms with E-state index < -0.39 is 11.9 Å². The van der Waals surface area contributed by atoms with E-state index in [1.807, 2.05) is 19.9 Å². The van der Waals surface area contributed by atoms with Crippen molar-refractivity contribution in [1.82, 2.24) is 0 Å². The molecule has 0 aliphatic rings. The summed E-state index contributed by atoms with van der Waals surface area (Å²) in [7, 11) is 0.